The summed E-state index contributed by atoms with van der Waals surface area (Å²) in [6.07, 6.45) is 0.841. The van der Waals surface area contributed by atoms with Crippen LogP contribution in [0.5, 0.6) is 0 Å². The number of aldehydes is 1. The van der Waals surface area contributed by atoms with Gasteiger partial charge in [0.2, 0.25) is 0 Å². The van der Waals surface area contributed by atoms with Crippen LogP contribution in [0, 0.1) is 11.6 Å². The number of nitrogens with zero attached hydrogens (tertiary/aromatic N) is 1. The predicted octanol–water partition coefficient (Wildman–Crippen LogP) is 4.79. The first-order valence-corrected chi connectivity index (χ1v) is 11.4. The zero-order valence-corrected chi connectivity index (χ0v) is 17.9. The van der Waals surface area contributed by atoms with Crippen LogP contribution in [0.2, 0.25) is 5.02 Å². The van der Waals surface area contributed by atoms with Crippen LogP contribution in [0.4, 0.5) is 20.3 Å². The molecule has 0 spiro atoms. The highest BCUT2D eigenvalue weighted by Crippen LogP contribution is 2.32. The van der Waals surface area contributed by atoms with E-state index in [1.54, 1.807) is 6.92 Å². The lowest BCUT2D eigenvalue weighted by atomic mass is 10.0. The van der Waals surface area contributed by atoms with E-state index in [1.165, 1.54) is 40.4 Å². The lowest BCUT2D eigenvalue weighted by Crippen LogP contribution is -2.16. The maximum absolute atomic E-state index is 14.6. The smallest absolute Gasteiger partial charge is 0.266 e. The highest BCUT2D eigenvalue weighted by atomic mass is 35.5. The number of hydrogen-bond donors (Lipinski definition) is 2. The summed E-state index contributed by atoms with van der Waals surface area (Å²) in [6, 6.07) is 5.55. The Morgan fingerprint density at radius 3 is 2.67 bits per heavy atom. The Kier molecular flexibility index (Phi) is 6.69. The summed E-state index contributed by atoms with van der Waals surface area (Å²) in [4.78, 5) is 13.9. The van der Waals surface area contributed by atoms with Crippen LogP contribution in [0.3, 0.4) is 0 Å². The van der Waals surface area contributed by atoms with Gasteiger partial charge in [-0.3, -0.25) is 4.72 Å². The Labute approximate surface area is 181 Å². The van der Waals surface area contributed by atoms with Crippen LogP contribution < -0.4 is 10.0 Å². The van der Waals surface area contributed by atoms with E-state index < -0.39 is 32.6 Å². The number of thiazole rings is 1. The summed E-state index contributed by atoms with van der Waals surface area (Å²) < 4.78 is 55.8. The van der Waals surface area contributed by atoms with Gasteiger partial charge in [0.25, 0.3) is 10.0 Å². The molecule has 3 aromatic rings. The number of rotatable bonds is 8. The minimum absolute atomic E-state index is 0.0636. The molecule has 3 rings (SSSR count). The first kappa shape index (κ1) is 22.1. The summed E-state index contributed by atoms with van der Waals surface area (Å²) in [5, 5.41) is 4.27. The molecular formula is C19H16ClF2N3O3S2. The largest absolute Gasteiger partial charge is 0.377 e. The molecule has 0 bridgehead atoms. The zero-order chi connectivity index (χ0) is 21.9. The second-order valence-corrected chi connectivity index (χ2v) is 9.11. The number of carbonyl (C=O) groups is 1. The normalized spacial score (nSPS) is 12.4. The molecule has 30 heavy (non-hydrogen) atoms. The van der Waals surface area contributed by atoms with E-state index in [2.05, 4.69) is 15.0 Å². The van der Waals surface area contributed by atoms with Gasteiger partial charge in [0.05, 0.1) is 22.3 Å². The van der Waals surface area contributed by atoms with Crippen LogP contribution in [0.25, 0.3) is 0 Å². The standard InChI is InChI=1S/C19H16ClF2N3O3S2/c1-11(13-6-12(4-5-26)2-3-15(13)21)24-17-8-16(22)18(7-14(17)20)30(27,28)25-19-9-29-10-23-19/h2-3,5-11,24-25H,4H2,1H3/t11-/m0/s1. The average molecular weight is 472 g/mol. The Morgan fingerprint density at radius 2 is 2.00 bits per heavy atom. The highest BCUT2D eigenvalue weighted by molar-refractivity contribution is 7.92. The molecule has 0 saturated carbocycles. The van der Waals surface area contributed by atoms with Crippen molar-refractivity contribution in [1.29, 1.82) is 0 Å². The first-order chi connectivity index (χ1) is 14.2. The zero-order valence-electron chi connectivity index (χ0n) is 15.5. The third-order valence-corrected chi connectivity index (χ3v) is 6.47. The Balaban J connectivity index is 1.87. The van der Waals surface area contributed by atoms with Crippen molar-refractivity contribution in [3.8, 4) is 0 Å². The van der Waals surface area contributed by atoms with E-state index in [9.17, 15) is 22.0 Å². The Hall–Kier alpha value is -2.56. The molecule has 0 fully saturated rings. The van der Waals surface area contributed by atoms with Crippen molar-refractivity contribution >= 4 is 50.8 Å². The number of hydrogen-bond acceptors (Lipinski definition) is 6. The molecular weight excluding hydrogens is 456 g/mol. The van der Waals surface area contributed by atoms with Gasteiger partial charge >= 0.3 is 0 Å². The van der Waals surface area contributed by atoms with Crippen molar-refractivity contribution in [3.63, 3.8) is 0 Å². The SMILES string of the molecule is C[C@H](Nc1cc(F)c(S(=O)(=O)Nc2cscn2)cc1Cl)c1cc(CC=O)ccc1F. The first-order valence-electron chi connectivity index (χ1n) is 8.60. The van der Waals surface area contributed by atoms with Gasteiger partial charge in [0, 0.05) is 17.4 Å². The summed E-state index contributed by atoms with van der Waals surface area (Å²) in [5.74, 6) is -1.48. The number of nitrogens with one attached hydrogen (secondary N) is 2. The molecule has 0 aliphatic heterocycles. The number of anilines is 2. The minimum atomic E-state index is -4.24. The molecule has 0 radical (unpaired) electrons. The van der Waals surface area contributed by atoms with Gasteiger partial charge in [-0.25, -0.2) is 22.2 Å². The Bertz CT molecular complexity index is 1170. The topological polar surface area (TPSA) is 88.2 Å². The third kappa shape index (κ3) is 4.94. The summed E-state index contributed by atoms with van der Waals surface area (Å²) >= 11 is 7.34. The van der Waals surface area contributed by atoms with Crippen molar-refractivity contribution < 1.29 is 22.0 Å². The van der Waals surface area contributed by atoms with Crippen LogP contribution in [-0.4, -0.2) is 19.7 Å². The molecule has 0 aliphatic carbocycles. The van der Waals surface area contributed by atoms with E-state index in [-0.39, 0.29) is 28.5 Å². The number of halogens is 3. The highest BCUT2D eigenvalue weighted by Gasteiger charge is 2.23. The maximum atomic E-state index is 14.6. The van der Waals surface area contributed by atoms with Crippen molar-refractivity contribution in [2.24, 2.45) is 0 Å². The molecule has 0 amide bonds. The molecule has 1 aromatic heterocycles. The molecule has 11 heteroatoms. The number of sulfonamides is 1. The molecule has 158 valence electrons. The third-order valence-electron chi connectivity index (χ3n) is 4.20. The van der Waals surface area contributed by atoms with E-state index in [4.69, 9.17) is 11.6 Å². The molecule has 0 unspecified atom stereocenters. The minimum Gasteiger partial charge on any atom is -0.377 e. The predicted molar refractivity (Wildman–Crippen MR) is 113 cm³/mol. The van der Waals surface area contributed by atoms with Crippen LogP contribution in [0.1, 0.15) is 24.1 Å². The van der Waals surface area contributed by atoms with E-state index in [1.807, 2.05) is 0 Å². The van der Waals surface area contributed by atoms with Gasteiger partial charge in [0.15, 0.2) is 5.82 Å². The number of aromatic nitrogens is 1. The van der Waals surface area contributed by atoms with Gasteiger partial charge < -0.3 is 10.1 Å². The van der Waals surface area contributed by atoms with Crippen molar-refractivity contribution in [3.05, 3.63) is 69.0 Å². The number of carbonyl (C=O) groups excluding carboxylic acids is 1. The lowest BCUT2D eigenvalue weighted by Gasteiger charge is -2.19. The summed E-state index contributed by atoms with van der Waals surface area (Å²) in [5.41, 5.74) is 2.41. The molecule has 0 aliphatic rings. The molecule has 1 atom stereocenters. The van der Waals surface area contributed by atoms with E-state index >= 15 is 0 Å². The fourth-order valence-electron chi connectivity index (χ4n) is 2.76. The second-order valence-electron chi connectivity index (χ2n) is 6.33. The summed E-state index contributed by atoms with van der Waals surface area (Å²) in [7, 11) is -4.24. The van der Waals surface area contributed by atoms with Crippen molar-refractivity contribution in [1.82, 2.24) is 4.98 Å². The van der Waals surface area contributed by atoms with Crippen LogP contribution >= 0.6 is 22.9 Å². The second kappa shape index (κ2) is 9.07. The van der Waals surface area contributed by atoms with Gasteiger partial charge in [-0.15, -0.1) is 11.3 Å². The quantitative estimate of drug-likeness (QED) is 0.461. The average Bonchev–Trinajstić information content (AvgIpc) is 3.18. The maximum Gasteiger partial charge on any atom is 0.266 e. The van der Waals surface area contributed by atoms with E-state index in [0.717, 1.165) is 12.1 Å². The van der Waals surface area contributed by atoms with Crippen LogP contribution in [0.15, 0.2) is 46.1 Å². The molecule has 0 saturated heterocycles. The fraction of sp³-hybridized carbons (Fsp3) is 0.158. The Morgan fingerprint density at radius 1 is 1.23 bits per heavy atom. The van der Waals surface area contributed by atoms with Gasteiger partial charge in [-0.2, -0.15) is 0 Å². The van der Waals surface area contributed by atoms with Gasteiger partial charge in [-0.05, 0) is 30.7 Å². The monoisotopic (exact) mass is 471 g/mol. The molecule has 1 heterocycles. The molecule has 6 nitrogen and oxygen atoms in total. The van der Waals surface area contributed by atoms with Crippen molar-refractivity contribution in [2.75, 3.05) is 10.0 Å². The van der Waals surface area contributed by atoms with E-state index in [0.29, 0.717) is 11.8 Å². The fourth-order valence-corrected chi connectivity index (χ4v) is 4.69. The van der Waals surface area contributed by atoms with Crippen LogP contribution in [-0.2, 0) is 21.2 Å². The summed E-state index contributed by atoms with van der Waals surface area (Å²) in [6.45, 7) is 1.63. The van der Waals surface area contributed by atoms with Crippen molar-refractivity contribution in [2.45, 2.75) is 24.3 Å². The van der Waals surface area contributed by atoms with Gasteiger partial charge in [-0.1, -0.05) is 23.7 Å². The lowest BCUT2D eigenvalue weighted by molar-refractivity contribution is -0.107. The van der Waals surface area contributed by atoms with Gasteiger partial charge in [0.1, 0.15) is 22.8 Å². The molecule has 2 aromatic carbocycles. The molecule has 2 N–H and O–H groups in total. The number of benzene rings is 2.